The number of rotatable bonds is 6. The minimum atomic E-state index is -2.59. The fourth-order valence-electron chi connectivity index (χ4n) is 3.81. The second kappa shape index (κ2) is 8.09. The third-order valence-corrected chi connectivity index (χ3v) is 5.63. The van der Waals surface area contributed by atoms with Crippen molar-refractivity contribution in [3.63, 3.8) is 0 Å². The second-order valence-corrected chi connectivity index (χ2v) is 8.50. The molecule has 1 atom stereocenters. The number of nitrogens with one attached hydrogen (secondary N) is 1. The highest BCUT2D eigenvalue weighted by atomic mass is 35.5. The molecule has 0 saturated heterocycles. The summed E-state index contributed by atoms with van der Waals surface area (Å²) in [6.07, 6.45) is 0.718. The van der Waals surface area contributed by atoms with E-state index in [1.807, 2.05) is 6.92 Å². The van der Waals surface area contributed by atoms with E-state index in [0.29, 0.717) is 33.4 Å². The highest BCUT2D eigenvalue weighted by molar-refractivity contribution is 6.30. The molecule has 1 aliphatic rings. The van der Waals surface area contributed by atoms with E-state index < -0.39 is 12.1 Å². The van der Waals surface area contributed by atoms with Gasteiger partial charge in [0.25, 0.3) is 5.91 Å². The third-order valence-electron chi connectivity index (χ3n) is 5.38. The van der Waals surface area contributed by atoms with E-state index in [1.54, 1.807) is 47.9 Å². The lowest BCUT2D eigenvalue weighted by Gasteiger charge is -2.34. The van der Waals surface area contributed by atoms with Crippen molar-refractivity contribution in [3.05, 3.63) is 64.1 Å². The fourth-order valence-corrected chi connectivity index (χ4v) is 3.94. The largest absolute Gasteiger partial charge is 0.489 e. The molecule has 31 heavy (non-hydrogen) atoms. The van der Waals surface area contributed by atoms with Crippen LogP contribution in [0.3, 0.4) is 0 Å². The number of aryl methyl sites for hydroxylation is 2. The van der Waals surface area contributed by atoms with E-state index in [1.165, 1.54) is 0 Å². The van der Waals surface area contributed by atoms with Crippen LogP contribution in [0.1, 0.15) is 46.3 Å². The number of halogens is 3. The van der Waals surface area contributed by atoms with Gasteiger partial charge in [-0.05, 0) is 43.2 Å². The number of imidazole rings is 1. The van der Waals surface area contributed by atoms with Gasteiger partial charge in [-0.1, -0.05) is 23.7 Å². The molecule has 1 amide bonds. The average molecular weight is 449 g/mol. The van der Waals surface area contributed by atoms with Crippen LogP contribution in [0.5, 0.6) is 5.75 Å². The van der Waals surface area contributed by atoms with Crippen molar-refractivity contribution in [2.45, 2.75) is 38.8 Å². The molecule has 9 heteroatoms. The Balaban J connectivity index is 1.56. The van der Waals surface area contributed by atoms with Crippen molar-refractivity contribution < 1.29 is 18.3 Å². The summed E-state index contributed by atoms with van der Waals surface area (Å²) in [7, 11) is 0. The van der Waals surface area contributed by atoms with E-state index in [0.717, 1.165) is 5.56 Å². The summed E-state index contributed by atoms with van der Waals surface area (Å²) >= 11 is 5.90. The zero-order valence-electron chi connectivity index (χ0n) is 17.2. The van der Waals surface area contributed by atoms with Gasteiger partial charge in [0.1, 0.15) is 11.9 Å². The predicted molar refractivity (Wildman–Crippen MR) is 114 cm³/mol. The maximum absolute atomic E-state index is 13.1. The number of benzene rings is 1. The molecule has 1 saturated carbocycles. The van der Waals surface area contributed by atoms with E-state index >= 15 is 0 Å². The number of fused-ring (bicyclic) bond motifs is 1. The van der Waals surface area contributed by atoms with E-state index in [-0.39, 0.29) is 31.3 Å². The first-order valence-electron chi connectivity index (χ1n) is 9.95. The number of alkyl halides is 2. The first kappa shape index (κ1) is 21.5. The SMILES string of the molecule is Cc1cc(OCC2CC(F)(F)C2)c2nc(C)c(C(=O)NC(N)c3ccc(Cl)cc3)n2c1. The van der Waals surface area contributed by atoms with Crippen molar-refractivity contribution >= 4 is 23.2 Å². The molecule has 0 radical (unpaired) electrons. The van der Waals surface area contributed by atoms with Crippen LogP contribution in [0.2, 0.25) is 5.02 Å². The number of nitrogens with two attached hydrogens (primary N) is 1. The van der Waals surface area contributed by atoms with Crippen molar-refractivity contribution in [2.24, 2.45) is 11.7 Å². The Morgan fingerprint density at radius 3 is 2.68 bits per heavy atom. The van der Waals surface area contributed by atoms with Crippen molar-refractivity contribution in [1.82, 2.24) is 14.7 Å². The Kier molecular flexibility index (Phi) is 5.61. The summed E-state index contributed by atoms with van der Waals surface area (Å²) in [4.78, 5) is 17.5. The summed E-state index contributed by atoms with van der Waals surface area (Å²) in [6, 6.07) is 8.68. The van der Waals surface area contributed by atoms with Gasteiger partial charge in [-0.15, -0.1) is 0 Å². The normalized spacial score (nSPS) is 16.7. The summed E-state index contributed by atoms with van der Waals surface area (Å²) in [5.74, 6) is -2.71. The number of aromatic nitrogens is 2. The minimum Gasteiger partial charge on any atom is -0.489 e. The molecule has 4 rings (SSSR count). The van der Waals surface area contributed by atoms with Gasteiger partial charge in [-0.3, -0.25) is 9.20 Å². The smallest absolute Gasteiger partial charge is 0.271 e. The van der Waals surface area contributed by atoms with Gasteiger partial charge in [0.05, 0.1) is 12.3 Å². The Morgan fingerprint density at radius 1 is 1.35 bits per heavy atom. The number of hydrogen-bond donors (Lipinski definition) is 2. The molecule has 2 heterocycles. The van der Waals surface area contributed by atoms with E-state index in [2.05, 4.69) is 10.3 Å². The average Bonchev–Trinajstić information content (AvgIpc) is 3.00. The first-order valence-corrected chi connectivity index (χ1v) is 10.3. The van der Waals surface area contributed by atoms with Crippen LogP contribution < -0.4 is 15.8 Å². The van der Waals surface area contributed by atoms with Gasteiger partial charge in [-0.25, -0.2) is 13.8 Å². The van der Waals surface area contributed by atoms with Gasteiger partial charge in [0.2, 0.25) is 5.92 Å². The molecule has 0 aliphatic heterocycles. The van der Waals surface area contributed by atoms with Crippen LogP contribution >= 0.6 is 11.6 Å². The number of hydrogen-bond acceptors (Lipinski definition) is 4. The summed E-state index contributed by atoms with van der Waals surface area (Å²) < 4.78 is 33.7. The van der Waals surface area contributed by atoms with Gasteiger partial charge in [0.15, 0.2) is 11.4 Å². The number of ether oxygens (including phenoxy) is 1. The minimum absolute atomic E-state index is 0.168. The molecule has 6 nitrogen and oxygen atoms in total. The molecule has 2 aromatic heterocycles. The third kappa shape index (κ3) is 4.50. The Labute approximate surface area is 183 Å². The molecule has 1 aliphatic carbocycles. The van der Waals surface area contributed by atoms with Crippen LogP contribution in [0.15, 0.2) is 36.5 Å². The van der Waals surface area contributed by atoms with E-state index in [4.69, 9.17) is 22.1 Å². The molecule has 3 aromatic rings. The van der Waals surface area contributed by atoms with Crippen molar-refractivity contribution in [2.75, 3.05) is 6.61 Å². The number of amides is 1. The number of carbonyl (C=O) groups is 1. The highest BCUT2D eigenvalue weighted by Gasteiger charge is 2.45. The standard InChI is InChI=1S/C22H23ClF2N4O2/c1-12-7-17(31-11-14-8-22(24,25)9-14)20-27-13(2)18(29(20)10-12)21(30)28-19(26)15-3-5-16(23)6-4-15/h3-7,10,14,19H,8-9,11,26H2,1-2H3,(H,28,30). The fraction of sp³-hybridized carbons (Fsp3) is 0.364. The monoisotopic (exact) mass is 448 g/mol. The molecular formula is C22H23ClF2N4O2. The molecule has 164 valence electrons. The van der Waals surface area contributed by atoms with E-state index in [9.17, 15) is 13.6 Å². The maximum Gasteiger partial charge on any atom is 0.271 e. The quantitative estimate of drug-likeness (QED) is 0.547. The Hall–Kier alpha value is -2.71. The van der Waals surface area contributed by atoms with Gasteiger partial charge in [0, 0.05) is 30.0 Å². The number of pyridine rings is 1. The maximum atomic E-state index is 13.1. The second-order valence-electron chi connectivity index (χ2n) is 8.07. The molecule has 1 aromatic carbocycles. The molecule has 0 bridgehead atoms. The van der Waals surface area contributed by atoms with Gasteiger partial charge in [-0.2, -0.15) is 0 Å². The first-order chi connectivity index (χ1) is 14.6. The topological polar surface area (TPSA) is 81.6 Å². The Bertz CT molecular complexity index is 1120. The summed E-state index contributed by atoms with van der Waals surface area (Å²) in [5, 5.41) is 3.36. The number of nitrogens with zero attached hydrogens (tertiary/aromatic N) is 2. The van der Waals surface area contributed by atoms with Crippen LogP contribution in [0.4, 0.5) is 8.78 Å². The van der Waals surface area contributed by atoms with Crippen LogP contribution in [-0.2, 0) is 0 Å². The van der Waals surface area contributed by atoms with Gasteiger partial charge >= 0.3 is 0 Å². The molecule has 1 unspecified atom stereocenters. The van der Waals surface area contributed by atoms with Crippen molar-refractivity contribution in [1.29, 1.82) is 0 Å². The lowest BCUT2D eigenvalue weighted by Crippen LogP contribution is -2.38. The summed E-state index contributed by atoms with van der Waals surface area (Å²) in [6.45, 7) is 3.77. The van der Waals surface area contributed by atoms with Gasteiger partial charge < -0.3 is 15.8 Å². The van der Waals surface area contributed by atoms with Crippen molar-refractivity contribution in [3.8, 4) is 5.75 Å². The summed E-state index contributed by atoms with van der Waals surface area (Å²) in [5.41, 5.74) is 8.99. The lowest BCUT2D eigenvalue weighted by molar-refractivity contribution is -0.119. The zero-order valence-corrected chi connectivity index (χ0v) is 17.9. The molecule has 0 spiro atoms. The lowest BCUT2D eigenvalue weighted by atomic mass is 9.82. The highest BCUT2D eigenvalue weighted by Crippen LogP contribution is 2.42. The molecular weight excluding hydrogens is 426 g/mol. The number of carbonyl (C=O) groups excluding carboxylic acids is 1. The van der Waals surface area contributed by atoms with Crippen LogP contribution in [0.25, 0.3) is 5.65 Å². The predicted octanol–water partition coefficient (Wildman–Crippen LogP) is 4.42. The molecule has 3 N–H and O–H groups in total. The van der Waals surface area contributed by atoms with Crippen LogP contribution in [0, 0.1) is 19.8 Å². The zero-order chi connectivity index (χ0) is 22.3. The van der Waals surface area contributed by atoms with Crippen LogP contribution in [-0.4, -0.2) is 27.8 Å². The Morgan fingerprint density at radius 2 is 2.03 bits per heavy atom. The molecule has 1 fully saturated rings.